The highest BCUT2D eigenvalue weighted by atomic mass is 32.2. The van der Waals surface area contributed by atoms with E-state index in [1.807, 2.05) is 0 Å². The summed E-state index contributed by atoms with van der Waals surface area (Å²) in [5, 5.41) is 18.5. The van der Waals surface area contributed by atoms with Gasteiger partial charge in [0.25, 0.3) is 10.0 Å². The largest absolute Gasteiger partial charge is 0.546 e. The zero-order chi connectivity index (χ0) is 25.6. The lowest BCUT2D eigenvalue weighted by atomic mass is 10.0. The highest BCUT2D eigenvalue weighted by Gasteiger charge is 2.35. The number of thiophene rings is 2. The maximum Gasteiger partial charge on any atom is 0.256 e. The number of hydrogen-bond donors (Lipinski definition) is 3. The van der Waals surface area contributed by atoms with Crippen molar-refractivity contribution in [1.29, 1.82) is 0 Å². The summed E-state index contributed by atoms with van der Waals surface area (Å²) in [4.78, 5) is 2.35. The van der Waals surface area contributed by atoms with Crippen LogP contribution in [0.3, 0.4) is 0 Å². The van der Waals surface area contributed by atoms with E-state index in [1.54, 1.807) is 32.1 Å². The fourth-order valence-corrected chi connectivity index (χ4v) is 7.93. The summed E-state index contributed by atoms with van der Waals surface area (Å²) in [6.45, 7) is 13.6. The van der Waals surface area contributed by atoms with Gasteiger partial charge < -0.3 is 20.3 Å². The van der Waals surface area contributed by atoms with Crippen LogP contribution < -0.4 is 10.6 Å². The molecule has 9 nitrogen and oxygen atoms in total. The van der Waals surface area contributed by atoms with Gasteiger partial charge in [-0.15, -0.1) is 22.7 Å². The fourth-order valence-electron chi connectivity index (χ4n) is 3.13. The molecule has 3 aromatic rings. The first-order valence-corrected chi connectivity index (χ1v) is 14.8. The molecule has 0 bridgehead atoms. The molecule has 1 unspecified atom stereocenters. The summed E-state index contributed by atoms with van der Waals surface area (Å²) >= 11 is 0.763. The van der Waals surface area contributed by atoms with Gasteiger partial charge in [0.1, 0.15) is 0 Å². The Labute approximate surface area is 212 Å². The molecule has 0 aliphatic rings. The summed E-state index contributed by atoms with van der Waals surface area (Å²) < 4.78 is 47.3. The second kappa shape index (κ2) is 9.70. The van der Waals surface area contributed by atoms with Crippen LogP contribution in [0.5, 0.6) is 5.75 Å². The lowest BCUT2D eigenvalue weighted by Crippen LogP contribution is -2.42. The zero-order valence-electron chi connectivity index (χ0n) is 20.5. The molecule has 34 heavy (non-hydrogen) atoms. The Morgan fingerprint density at radius 2 is 1.82 bits per heavy atom. The highest BCUT2D eigenvalue weighted by Crippen LogP contribution is 2.43. The predicted octanol–water partition coefficient (Wildman–Crippen LogP) is 5.62. The van der Waals surface area contributed by atoms with Crippen LogP contribution in [-0.4, -0.2) is 43.7 Å². The minimum atomic E-state index is -3.91. The van der Waals surface area contributed by atoms with E-state index >= 15 is 0 Å². The van der Waals surface area contributed by atoms with Crippen molar-refractivity contribution >= 4 is 61.2 Å². The van der Waals surface area contributed by atoms with E-state index in [0.29, 0.717) is 5.82 Å². The van der Waals surface area contributed by atoms with Crippen molar-refractivity contribution in [3.63, 3.8) is 0 Å². The quantitative estimate of drug-likeness (QED) is 0.311. The molecule has 0 aliphatic carbocycles. The number of aromatic nitrogens is 2. The number of aryl methyl sites for hydroxylation is 2. The van der Waals surface area contributed by atoms with Gasteiger partial charge in [0.15, 0.2) is 21.1 Å². The maximum atomic E-state index is 13.0. The third-order valence-corrected chi connectivity index (χ3v) is 11.1. The van der Waals surface area contributed by atoms with Gasteiger partial charge in [0.2, 0.25) is 11.6 Å². The Balaban J connectivity index is 1.92. The van der Waals surface area contributed by atoms with E-state index < -0.39 is 32.5 Å². The van der Waals surface area contributed by atoms with Crippen LogP contribution in [0.1, 0.15) is 56.0 Å². The molecule has 3 heterocycles. The number of rotatable bonds is 8. The Hall–Kier alpha value is -1.77. The van der Waals surface area contributed by atoms with Crippen LogP contribution in [0, 0.1) is 19.8 Å². The molecular weight excluding hydrogens is 515 g/mol. The third kappa shape index (κ3) is 5.39. The van der Waals surface area contributed by atoms with Crippen molar-refractivity contribution in [2.45, 2.75) is 64.3 Å². The normalized spacial score (nSPS) is 14.1. The van der Waals surface area contributed by atoms with Crippen molar-refractivity contribution < 1.29 is 18.1 Å². The van der Waals surface area contributed by atoms with Crippen LogP contribution in [0.2, 0.25) is 0 Å². The van der Waals surface area contributed by atoms with Crippen LogP contribution in [-0.2, 0) is 10.0 Å². The van der Waals surface area contributed by atoms with Crippen LogP contribution in [0.15, 0.2) is 15.7 Å². The molecule has 0 spiro atoms. The Morgan fingerprint density at radius 3 is 2.35 bits per heavy atom. The first kappa shape index (κ1) is 26.8. The molecular formula is C21H31N5O4S4. The molecule has 188 valence electrons. The van der Waals surface area contributed by atoms with Crippen LogP contribution in [0.4, 0.5) is 17.3 Å². The number of hydrogen-bond acceptors (Lipinski definition) is 10. The molecule has 0 saturated carbocycles. The SMILES string of the molecule is Cc1cc([C@H](Nc2n[s+]([O-])nc2Nc2csc(S(=O)(=O)N(C)C(C)(C)C)c2O)C(C)C)sc1C. The second-order valence-electron chi connectivity index (χ2n) is 9.42. The zero-order valence-corrected chi connectivity index (χ0v) is 23.7. The molecule has 3 rings (SSSR count). The number of sulfonamides is 1. The van der Waals surface area contributed by atoms with Gasteiger partial charge in [0, 0.05) is 36.5 Å². The summed E-state index contributed by atoms with van der Waals surface area (Å²) in [5.41, 5.74) is 0.694. The smallest absolute Gasteiger partial charge is 0.256 e. The summed E-state index contributed by atoms with van der Waals surface area (Å²) in [6, 6.07) is 2.03. The van der Waals surface area contributed by atoms with Crippen LogP contribution in [0.25, 0.3) is 0 Å². The van der Waals surface area contributed by atoms with Gasteiger partial charge in [-0.05, 0) is 52.2 Å². The van der Waals surface area contributed by atoms with Crippen molar-refractivity contribution in [2.75, 3.05) is 17.7 Å². The summed E-state index contributed by atoms with van der Waals surface area (Å²) in [5.74, 6) is 0.262. The Kier molecular flexibility index (Phi) is 7.66. The van der Waals surface area contributed by atoms with Crippen molar-refractivity contribution in [1.82, 2.24) is 13.1 Å². The molecule has 0 fully saturated rings. The summed E-state index contributed by atoms with van der Waals surface area (Å²) in [6.07, 6.45) is 0. The van der Waals surface area contributed by atoms with Crippen molar-refractivity contribution in [3.05, 3.63) is 26.8 Å². The molecule has 0 aliphatic heterocycles. The maximum absolute atomic E-state index is 13.0. The van der Waals surface area contributed by atoms with Crippen molar-refractivity contribution in [3.8, 4) is 5.75 Å². The van der Waals surface area contributed by atoms with E-state index in [1.165, 1.54) is 27.2 Å². The van der Waals surface area contributed by atoms with E-state index in [0.717, 1.165) is 16.2 Å². The minimum Gasteiger partial charge on any atom is -0.546 e. The van der Waals surface area contributed by atoms with Gasteiger partial charge in [-0.2, -0.15) is 4.31 Å². The molecule has 0 amide bonds. The fraction of sp³-hybridized carbons (Fsp3) is 0.524. The van der Waals surface area contributed by atoms with Gasteiger partial charge in [-0.1, -0.05) is 13.8 Å². The average Bonchev–Trinajstić information content (AvgIpc) is 3.36. The molecule has 3 aromatic heterocycles. The number of aromatic hydroxyl groups is 1. The second-order valence-corrected chi connectivity index (χ2v) is 14.6. The highest BCUT2D eigenvalue weighted by molar-refractivity contribution is 7.91. The van der Waals surface area contributed by atoms with Crippen LogP contribution >= 0.6 is 33.8 Å². The first-order chi connectivity index (χ1) is 15.6. The monoisotopic (exact) mass is 545 g/mol. The van der Waals surface area contributed by atoms with E-state index in [4.69, 9.17) is 0 Å². The topological polar surface area (TPSA) is 131 Å². The number of nitrogens with one attached hydrogen (secondary N) is 2. The Morgan fingerprint density at radius 1 is 1.21 bits per heavy atom. The molecule has 13 heteroatoms. The lowest BCUT2D eigenvalue weighted by molar-refractivity contribution is 0.291. The average molecular weight is 546 g/mol. The van der Waals surface area contributed by atoms with Gasteiger partial charge in [0.05, 0.1) is 11.7 Å². The van der Waals surface area contributed by atoms with Gasteiger partial charge in [-0.25, -0.2) is 8.42 Å². The van der Waals surface area contributed by atoms with Gasteiger partial charge in [-0.3, -0.25) is 0 Å². The Bertz CT molecular complexity index is 1250. The number of nitrogens with zero attached hydrogens (tertiary/aromatic N) is 3. The van der Waals surface area contributed by atoms with Crippen molar-refractivity contribution in [2.24, 2.45) is 5.92 Å². The first-order valence-electron chi connectivity index (χ1n) is 10.6. The minimum absolute atomic E-state index is 0.0919. The molecule has 0 radical (unpaired) electrons. The number of anilines is 3. The molecule has 2 atom stereocenters. The molecule has 0 aromatic carbocycles. The predicted molar refractivity (Wildman–Crippen MR) is 140 cm³/mol. The third-order valence-electron chi connectivity index (χ3n) is 5.54. The molecule has 3 N–H and O–H groups in total. The van der Waals surface area contributed by atoms with Gasteiger partial charge >= 0.3 is 0 Å². The van der Waals surface area contributed by atoms with E-state index in [2.05, 4.69) is 53.1 Å². The van der Waals surface area contributed by atoms with E-state index in [9.17, 15) is 18.1 Å². The lowest BCUT2D eigenvalue weighted by Gasteiger charge is -2.30. The summed E-state index contributed by atoms with van der Waals surface area (Å²) in [7, 11) is -2.44. The molecule has 0 saturated heterocycles. The standard InChI is InChI=1S/C21H31N5O4S4/c1-11(2)16(15-9-12(3)13(4)32-15)23-19-18(24-33(28)25-19)22-14-10-31-20(17(14)27)34(29,30)26(8)21(5,6)7/h9-11,16,27H,1-8H3,(H,22,24)(H,23,25)/t16-,33?/m1/s1. The van der Waals surface area contributed by atoms with E-state index in [-0.39, 0.29) is 27.7 Å².